The fraction of sp³-hybridized carbons (Fsp3) is 0.176. The number of benzene rings is 2. The zero-order valence-electron chi connectivity index (χ0n) is 13.4. The van der Waals surface area contributed by atoms with Crippen molar-refractivity contribution in [3.63, 3.8) is 0 Å². The molecule has 2 rings (SSSR count). The smallest absolute Gasteiger partial charge is 0.335 e. The summed E-state index contributed by atoms with van der Waals surface area (Å²) < 4.78 is 11.2. The molecule has 0 radical (unpaired) electrons. The first kappa shape index (κ1) is 19.3. The lowest BCUT2D eigenvalue weighted by Gasteiger charge is -2.13. The second-order valence-electron chi connectivity index (χ2n) is 5.10. The van der Waals surface area contributed by atoms with Crippen molar-refractivity contribution in [3.8, 4) is 11.5 Å². The Balaban J connectivity index is 2.08. The molecule has 0 aliphatic heterocycles. The normalized spacial score (nSPS) is 10.2. The van der Waals surface area contributed by atoms with Crippen molar-refractivity contribution in [2.75, 3.05) is 19.0 Å². The molecular weight excluding hydrogens is 461 g/mol. The summed E-state index contributed by atoms with van der Waals surface area (Å²) in [6.45, 7) is 1.61. The molecule has 0 saturated heterocycles. The van der Waals surface area contributed by atoms with Gasteiger partial charge in [0.25, 0.3) is 5.91 Å². The van der Waals surface area contributed by atoms with Gasteiger partial charge in [-0.15, -0.1) is 0 Å². The minimum Gasteiger partial charge on any atom is -0.493 e. The van der Waals surface area contributed by atoms with Crippen molar-refractivity contribution >= 4 is 51.8 Å². The van der Waals surface area contributed by atoms with E-state index in [2.05, 4.69) is 5.32 Å². The Morgan fingerprint density at radius 2 is 2.00 bits per heavy atom. The highest BCUT2D eigenvalue weighted by atomic mass is 127. The first-order valence-corrected chi connectivity index (χ1v) is 8.57. The zero-order chi connectivity index (χ0) is 18.6. The highest BCUT2D eigenvalue weighted by molar-refractivity contribution is 14.1. The molecule has 132 valence electrons. The number of amides is 1. The third kappa shape index (κ3) is 4.99. The highest BCUT2D eigenvalue weighted by Gasteiger charge is 2.16. The quantitative estimate of drug-likeness (QED) is 0.618. The maximum Gasteiger partial charge on any atom is 0.335 e. The summed E-state index contributed by atoms with van der Waals surface area (Å²) in [5, 5.41) is 12.3. The van der Waals surface area contributed by atoms with E-state index < -0.39 is 5.97 Å². The third-order valence-electron chi connectivity index (χ3n) is 3.28. The van der Waals surface area contributed by atoms with Crippen LogP contribution in [0.4, 0.5) is 5.69 Å². The maximum absolute atomic E-state index is 12.1. The number of carboxylic acids is 1. The summed E-state index contributed by atoms with van der Waals surface area (Å²) in [6, 6.07) is 7.98. The lowest BCUT2D eigenvalue weighted by Crippen LogP contribution is -2.20. The average molecular weight is 476 g/mol. The van der Waals surface area contributed by atoms with Crippen LogP contribution in [0.5, 0.6) is 11.5 Å². The molecular formula is C17H15ClINO5. The number of hydrogen-bond acceptors (Lipinski definition) is 4. The van der Waals surface area contributed by atoms with Gasteiger partial charge >= 0.3 is 5.97 Å². The molecule has 1 amide bonds. The van der Waals surface area contributed by atoms with Gasteiger partial charge in [-0.05, 0) is 59.3 Å². The van der Waals surface area contributed by atoms with Crippen LogP contribution in [0.2, 0.25) is 5.02 Å². The van der Waals surface area contributed by atoms with Crippen LogP contribution in [-0.4, -0.2) is 30.7 Å². The van der Waals surface area contributed by atoms with Crippen LogP contribution in [-0.2, 0) is 4.79 Å². The molecule has 8 heteroatoms. The summed E-state index contributed by atoms with van der Waals surface area (Å²) in [6.07, 6.45) is 0. The van der Waals surface area contributed by atoms with Crippen molar-refractivity contribution in [3.05, 3.63) is 50.1 Å². The number of ether oxygens (including phenoxy) is 2. The number of aryl methyl sites for hydroxylation is 1. The summed E-state index contributed by atoms with van der Waals surface area (Å²) in [5.41, 5.74) is 1.55. The molecule has 0 fully saturated rings. The van der Waals surface area contributed by atoms with Gasteiger partial charge in [0, 0.05) is 10.7 Å². The number of rotatable bonds is 6. The van der Waals surface area contributed by atoms with Gasteiger partial charge in [-0.25, -0.2) is 4.79 Å². The molecule has 0 atom stereocenters. The SMILES string of the molecule is COc1cc(C(=O)O)cc(I)c1OCC(=O)Nc1ccc(C)c(Cl)c1. The molecule has 2 aromatic carbocycles. The molecule has 0 saturated carbocycles. The third-order valence-corrected chi connectivity index (χ3v) is 4.49. The average Bonchev–Trinajstić information content (AvgIpc) is 2.56. The molecule has 0 aliphatic rings. The van der Waals surface area contributed by atoms with Gasteiger partial charge in [0.15, 0.2) is 18.1 Å². The van der Waals surface area contributed by atoms with E-state index in [9.17, 15) is 9.59 Å². The van der Waals surface area contributed by atoms with Gasteiger partial charge in [-0.3, -0.25) is 4.79 Å². The molecule has 2 aromatic rings. The van der Waals surface area contributed by atoms with Gasteiger partial charge in [0.2, 0.25) is 0 Å². The molecule has 0 aromatic heterocycles. The number of aromatic carboxylic acids is 1. The Morgan fingerprint density at radius 1 is 1.28 bits per heavy atom. The van der Waals surface area contributed by atoms with Crippen molar-refractivity contribution in [2.24, 2.45) is 0 Å². The number of anilines is 1. The van der Waals surface area contributed by atoms with Gasteiger partial charge < -0.3 is 19.9 Å². The predicted octanol–water partition coefficient (Wildman–Crippen LogP) is 3.98. The van der Waals surface area contributed by atoms with Crippen molar-refractivity contribution in [1.29, 1.82) is 0 Å². The van der Waals surface area contributed by atoms with Crippen molar-refractivity contribution in [1.82, 2.24) is 0 Å². The minimum atomic E-state index is -1.07. The van der Waals surface area contributed by atoms with E-state index >= 15 is 0 Å². The molecule has 2 N–H and O–H groups in total. The topological polar surface area (TPSA) is 84.9 Å². The Hall–Kier alpha value is -2.00. The maximum atomic E-state index is 12.1. The zero-order valence-corrected chi connectivity index (χ0v) is 16.3. The molecule has 25 heavy (non-hydrogen) atoms. The highest BCUT2D eigenvalue weighted by Crippen LogP contribution is 2.34. The molecule has 0 aliphatic carbocycles. The monoisotopic (exact) mass is 475 g/mol. The Morgan fingerprint density at radius 3 is 2.60 bits per heavy atom. The van der Waals surface area contributed by atoms with Crippen LogP contribution in [0.1, 0.15) is 15.9 Å². The van der Waals surface area contributed by atoms with E-state index in [1.54, 1.807) is 18.2 Å². The molecule has 0 heterocycles. The number of methoxy groups -OCH3 is 1. The number of carboxylic acid groups (broad SMARTS) is 1. The fourth-order valence-electron chi connectivity index (χ4n) is 1.99. The van der Waals surface area contributed by atoms with Crippen molar-refractivity contribution < 1.29 is 24.2 Å². The van der Waals surface area contributed by atoms with Crippen LogP contribution in [0.25, 0.3) is 0 Å². The van der Waals surface area contributed by atoms with E-state index in [-0.39, 0.29) is 23.8 Å². The molecule has 0 bridgehead atoms. The standard InChI is InChI=1S/C17H15ClINO5/c1-9-3-4-11(7-12(9)18)20-15(21)8-25-16-13(19)5-10(17(22)23)6-14(16)24-2/h3-7H,8H2,1-2H3,(H,20,21)(H,22,23). The first-order chi connectivity index (χ1) is 11.8. The van der Waals surface area contributed by atoms with E-state index in [4.69, 9.17) is 26.2 Å². The van der Waals surface area contributed by atoms with E-state index in [1.165, 1.54) is 19.2 Å². The number of carbonyl (C=O) groups excluding carboxylic acids is 1. The molecule has 0 unspecified atom stereocenters. The van der Waals surface area contributed by atoms with E-state index in [0.29, 0.717) is 20.0 Å². The van der Waals surface area contributed by atoms with E-state index in [0.717, 1.165) is 5.56 Å². The summed E-state index contributed by atoms with van der Waals surface area (Å²) in [7, 11) is 1.40. The summed E-state index contributed by atoms with van der Waals surface area (Å²) in [4.78, 5) is 23.1. The first-order valence-electron chi connectivity index (χ1n) is 7.11. The molecule has 6 nitrogen and oxygen atoms in total. The van der Waals surface area contributed by atoms with Crippen LogP contribution >= 0.6 is 34.2 Å². The van der Waals surface area contributed by atoms with Crippen LogP contribution < -0.4 is 14.8 Å². The van der Waals surface area contributed by atoms with Crippen LogP contribution in [0.3, 0.4) is 0 Å². The summed E-state index contributed by atoms with van der Waals surface area (Å²) in [5.74, 6) is -0.891. The van der Waals surface area contributed by atoms with Crippen LogP contribution in [0.15, 0.2) is 30.3 Å². The Labute approximate surface area is 163 Å². The second kappa shape index (κ2) is 8.39. The molecule has 0 spiro atoms. The van der Waals surface area contributed by atoms with Crippen molar-refractivity contribution in [2.45, 2.75) is 6.92 Å². The number of halogens is 2. The predicted molar refractivity (Wildman–Crippen MR) is 103 cm³/mol. The lowest BCUT2D eigenvalue weighted by molar-refractivity contribution is -0.118. The Bertz CT molecular complexity index is 825. The Kier molecular flexibility index (Phi) is 6.49. The second-order valence-corrected chi connectivity index (χ2v) is 6.66. The van der Waals surface area contributed by atoms with Gasteiger partial charge in [-0.2, -0.15) is 0 Å². The van der Waals surface area contributed by atoms with Gasteiger partial charge in [0.1, 0.15) is 0 Å². The summed E-state index contributed by atoms with van der Waals surface area (Å²) >= 11 is 7.95. The number of nitrogens with one attached hydrogen (secondary N) is 1. The van der Waals surface area contributed by atoms with Crippen LogP contribution in [0, 0.1) is 10.5 Å². The fourth-order valence-corrected chi connectivity index (χ4v) is 2.93. The van der Waals surface area contributed by atoms with Gasteiger partial charge in [0.05, 0.1) is 16.2 Å². The number of carbonyl (C=O) groups is 2. The van der Waals surface area contributed by atoms with Gasteiger partial charge in [-0.1, -0.05) is 17.7 Å². The number of hydrogen-bond donors (Lipinski definition) is 2. The minimum absolute atomic E-state index is 0.0762. The largest absolute Gasteiger partial charge is 0.493 e. The lowest BCUT2D eigenvalue weighted by atomic mass is 10.2. The van der Waals surface area contributed by atoms with E-state index in [1.807, 2.05) is 29.5 Å².